The summed E-state index contributed by atoms with van der Waals surface area (Å²) >= 11 is 0. The highest BCUT2D eigenvalue weighted by Crippen LogP contribution is 2.32. The third-order valence-corrected chi connectivity index (χ3v) is 3.15. The minimum absolute atomic E-state index is 0.0638. The van der Waals surface area contributed by atoms with E-state index in [0.717, 1.165) is 12.1 Å². The second-order valence-electron chi connectivity index (χ2n) is 4.76. The molecule has 0 radical (unpaired) electrons. The van der Waals surface area contributed by atoms with Gasteiger partial charge in [0.05, 0.1) is 11.5 Å². The monoisotopic (exact) mass is 310 g/mol. The molecule has 0 aromatic heterocycles. The van der Waals surface area contributed by atoms with Crippen molar-refractivity contribution in [1.82, 2.24) is 0 Å². The Hall–Kier alpha value is -2.50. The van der Waals surface area contributed by atoms with Gasteiger partial charge >= 0.3 is 12.1 Å². The molecule has 0 aliphatic heterocycles. The number of aliphatic carboxylic acids is 1. The third-order valence-electron chi connectivity index (χ3n) is 3.15. The minimum Gasteiger partial charge on any atom is -0.481 e. The Labute approximate surface area is 125 Å². The van der Waals surface area contributed by atoms with Gasteiger partial charge < -0.3 is 9.84 Å². The van der Waals surface area contributed by atoms with Gasteiger partial charge in [0, 0.05) is 0 Å². The average molecular weight is 310 g/mol. The Morgan fingerprint density at radius 2 is 1.73 bits per heavy atom. The van der Waals surface area contributed by atoms with Crippen LogP contribution in [0.4, 0.5) is 13.2 Å². The Bertz CT molecular complexity index is 663. The number of benzene rings is 2. The first-order chi connectivity index (χ1) is 10.3. The number of ether oxygens (including phenoxy) is 1. The van der Waals surface area contributed by atoms with Crippen LogP contribution in [0.25, 0.3) is 0 Å². The maximum atomic E-state index is 12.6. The normalized spacial score (nSPS) is 12.7. The van der Waals surface area contributed by atoms with Crippen LogP contribution in [0.3, 0.4) is 0 Å². The summed E-state index contributed by atoms with van der Waals surface area (Å²) < 4.78 is 43.2. The van der Waals surface area contributed by atoms with Crippen LogP contribution in [0.5, 0.6) is 11.5 Å². The minimum atomic E-state index is -4.43. The maximum absolute atomic E-state index is 12.6. The first-order valence-corrected chi connectivity index (χ1v) is 6.45. The Kier molecular flexibility index (Phi) is 4.40. The molecule has 1 unspecified atom stereocenters. The molecule has 3 nitrogen and oxygen atoms in total. The lowest BCUT2D eigenvalue weighted by Crippen LogP contribution is -2.07. The predicted molar refractivity (Wildman–Crippen MR) is 74.0 cm³/mol. The van der Waals surface area contributed by atoms with Crippen LogP contribution >= 0.6 is 0 Å². The Morgan fingerprint density at radius 1 is 1.09 bits per heavy atom. The predicted octanol–water partition coefficient (Wildman–Crippen LogP) is 4.69. The lowest BCUT2D eigenvalue weighted by Gasteiger charge is -2.11. The van der Waals surface area contributed by atoms with Crippen LogP contribution < -0.4 is 4.74 Å². The second-order valence-corrected chi connectivity index (χ2v) is 4.76. The number of carboxylic acids is 1. The standard InChI is InChI=1S/C16H13F3O3/c1-10(15(20)21)11-5-7-13(8-6-11)22-14-4-2-3-12(9-14)16(17,18)19/h2-10H,1H3,(H,20,21). The molecule has 1 N–H and O–H groups in total. The van der Waals surface area contributed by atoms with Gasteiger partial charge in [-0.3, -0.25) is 4.79 Å². The molecule has 6 heteroatoms. The maximum Gasteiger partial charge on any atom is 0.416 e. The zero-order valence-corrected chi connectivity index (χ0v) is 11.6. The van der Waals surface area contributed by atoms with E-state index in [-0.39, 0.29) is 5.75 Å². The van der Waals surface area contributed by atoms with Crippen LogP contribution in [0.1, 0.15) is 24.0 Å². The van der Waals surface area contributed by atoms with E-state index >= 15 is 0 Å². The summed E-state index contributed by atoms with van der Waals surface area (Å²) in [6, 6.07) is 10.7. The largest absolute Gasteiger partial charge is 0.481 e. The van der Waals surface area contributed by atoms with Crippen molar-refractivity contribution in [1.29, 1.82) is 0 Å². The molecule has 0 heterocycles. The molecule has 0 bridgehead atoms. The summed E-state index contributed by atoms with van der Waals surface area (Å²) in [5.41, 5.74) is -0.204. The smallest absolute Gasteiger partial charge is 0.416 e. The summed E-state index contributed by atoms with van der Waals surface area (Å²) in [6.45, 7) is 1.55. The van der Waals surface area contributed by atoms with Crippen LogP contribution in [-0.2, 0) is 11.0 Å². The van der Waals surface area contributed by atoms with Crippen LogP contribution in [0.2, 0.25) is 0 Å². The topological polar surface area (TPSA) is 46.5 Å². The zero-order valence-electron chi connectivity index (χ0n) is 11.6. The summed E-state index contributed by atoms with van der Waals surface area (Å²) in [7, 11) is 0. The van der Waals surface area contributed by atoms with E-state index in [1.807, 2.05) is 0 Å². The summed E-state index contributed by atoms with van der Waals surface area (Å²) in [5, 5.41) is 8.91. The van der Waals surface area contributed by atoms with Gasteiger partial charge in [0.1, 0.15) is 11.5 Å². The van der Waals surface area contributed by atoms with Gasteiger partial charge in [0.25, 0.3) is 0 Å². The van der Waals surface area contributed by atoms with Crippen molar-refractivity contribution >= 4 is 5.97 Å². The molecule has 1 atom stereocenters. The highest BCUT2D eigenvalue weighted by molar-refractivity contribution is 5.75. The summed E-state index contributed by atoms with van der Waals surface area (Å²) in [5.74, 6) is -1.22. The van der Waals surface area contributed by atoms with Crippen LogP contribution in [0, 0.1) is 0 Å². The highest BCUT2D eigenvalue weighted by atomic mass is 19.4. The number of hydrogen-bond donors (Lipinski definition) is 1. The Balaban J connectivity index is 2.16. The average Bonchev–Trinajstić information content (AvgIpc) is 2.46. The first kappa shape index (κ1) is 15.9. The molecule has 2 aromatic rings. The molecule has 2 aromatic carbocycles. The fraction of sp³-hybridized carbons (Fsp3) is 0.188. The lowest BCUT2D eigenvalue weighted by atomic mass is 10.0. The molecule has 0 aliphatic rings. The van der Waals surface area contributed by atoms with Gasteiger partial charge in [-0.05, 0) is 42.8 Å². The molecular weight excluding hydrogens is 297 g/mol. The van der Waals surface area contributed by atoms with Crippen molar-refractivity contribution in [3.8, 4) is 11.5 Å². The lowest BCUT2D eigenvalue weighted by molar-refractivity contribution is -0.138. The van der Waals surface area contributed by atoms with Gasteiger partial charge in [-0.15, -0.1) is 0 Å². The van der Waals surface area contributed by atoms with Gasteiger partial charge in [-0.2, -0.15) is 13.2 Å². The van der Waals surface area contributed by atoms with Crippen molar-refractivity contribution in [2.24, 2.45) is 0 Å². The van der Waals surface area contributed by atoms with Crippen molar-refractivity contribution in [3.05, 3.63) is 59.7 Å². The molecule has 0 spiro atoms. The van der Waals surface area contributed by atoms with E-state index < -0.39 is 23.6 Å². The number of hydrogen-bond acceptors (Lipinski definition) is 2. The molecule has 0 fully saturated rings. The van der Waals surface area contributed by atoms with Crippen molar-refractivity contribution in [2.45, 2.75) is 19.0 Å². The van der Waals surface area contributed by atoms with Gasteiger partial charge in [-0.1, -0.05) is 18.2 Å². The van der Waals surface area contributed by atoms with E-state index in [4.69, 9.17) is 9.84 Å². The van der Waals surface area contributed by atoms with Gasteiger partial charge in [0.15, 0.2) is 0 Å². The molecule has 0 saturated carbocycles. The quantitative estimate of drug-likeness (QED) is 0.891. The van der Waals surface area contributed by atoms with E-state index in [1.165, 1.54) is 24.3 Å². The summed E-state index contributed by atoms with van der Waals surface area (Å²) in [4.78, 5) is 10.9. The molecule has 0 aliphatic carbocycles. The SMILES string of the molecule is CC(C(=O)O)c1ccc(Oc2cccc(C(F)(F)F)c2)cc1. The molecule has 0 amide bonds. The van der Waals surface area contributed by atoms with Crippen molar-refractivity contribution < 1.29 is 27.8 Å². The number of carbonyl (C=O) groups is 1. The fourth-order valence-electron chi connectivity index (χ4n) is 1.84. The molecule has 116 valence electrons. The fourth-order valence-corrected chi connectivity index (χ4v) is 1.84. The second kappa shape index (κ2) is 6.09. The number of rotatable bonds is 4. The van der Waals surface area contributed by atoms with E-state index in [9.17, 15) is 18.0 Å². The molecule has 22 heavy (non-hydrogen) atoms. The first-order valence-electron chi connectivity index (χ1n) is 6.45. The Morgan fingerprint density at radius 3 is 2.27 bits per heavy atom. The van der Waals surface area contributed by atoms with E-state index in [1.54, 1.807) is 19.1 Å². The van der Waals surface area contributed by atoms with Crippen LogP contribution in [0.15, 0.2) is 48.5 Å². The third kappa shape index (κ3) is 3.78. The van der Waals surface area contributed by atoms with E-state index in [2.05, 4.69) is 0 Å². The zero-order chi connectivity index (χ0) is 16.3. The number of carboxylic acid groups (broad SMARTS) is 1. The molecule has 2 rings (SSSR count). The van der Waals surface area contributed by atoms with Crippen LogP contribution in [-0.4, -0.2) is 11.1 Å². The van der Waals surface area contributed by atoms with Gasteiger partial charge in [-0.25, -0.2) is 0 Å². The number of alkyl halides is 3. The van der Waals surface area contributed by atoms with E-state index in [0.29, 0.717) is 11.3 Å². The van der Waals surface area contributed by atoms with Gasteiger partial charge in [0.2, 0.25) is 0 Å². The van der Waals surface area contributed by atoms with Crippen molar-refractivity contribution in [2.75, 3.05) is 0 Å². The molecular formula is C16H13F3O3. The summed E-state index contributed by atoms with van der Waals surface area (Å²) in [6.07, 6.45) is -4.43. The number of halogens is 3. The van der Waals surface area contributed by atoms with Crippen molar-refractivity contribution in [3.63, 3.8) is 0 Å². The molecule has 0 saturated heterocycles. The highest BCUT2D eigenvalue weighted by Gasteiger charge is 2.30.